The van der Waals surface area contributed by atoms with Gasteiger partial charge in [-0.3, -0.25) is 4.79 Å². The van der Waals surface area contributed by atoms with Crippen LogP contribution in [0, 0.1) is 5.92 Å². The van der Waals surface area contributed by atoms with Gasteiger partial charge in [-0.25, -0.2) is 4.98 Å². The van der Waals surface area contributed by atoms with Crippen LogP contribution in [0.1, 0.15) is 38.5 Å². The molecule has 0 atom stereocenters. The van der Waals surface area contributed by atoms with Crippen molar-refractivity contribution in [2.45, 2.75) is 38.5 Å². The summed E-state index contributed by atoms with van der Waals surface area (Å²) in [5.41, 5.74) is 3.35. The van der Waals surface area contributed by atoms with Gasteiger partial charge in [0.15, 0.2) is 5.58 Å². The Morgan fingerprint density at radius 2 is 1.84 bits per heavy atom. The first-order valence-corrected chi connectivity index (χ1v) is 9.04. The smallest absolute Gasteiger partial charge is 0.227 e. The fraction of sp³-hybridized carbons (Fsp3) is 0.333. The van der Waals surface area contributed by atoms with Gasteiger partial charge in [-0.15, -0.1) is 0 Å². The number of carbonyl (C=O) groups excluding carboxylic acids is 1. The van der Waals surface area contributed by atoms with E-state index in [9.17, 15) is 4.79 Å². The number of anilines is 1. The van der Waals surface area contributed by atoms with Crippen LogP contribution in [-0.2, 0) is 4.79 Å². The second-order valence-corrected chi connectivity index (χ2v) is 6.80. The molecule has 1 aliphatic carbocycles. The van der Waals surface area contributed by atoms with Gasteiger partial charge in [0.25, 0.3) is 0 Å². The van der Waals surface area contributed by atoms with Gasteiger partial charge in [0.05, 0.1) is 0 Å². The highest BCUT2D eigenvalue weighted by molar-refractivity contribution is 5.91. The van der Waals surface area contributed by atoms with E-state index >= 15 is 0 Å². The van der Waals surface area contributed by atoms with Crippen molar-refractivity contribution < 1.29 is 9.21 Å². The van der Waals surface area contributed by atoms with Crippen LogP contribution in [0.15, 0.2) is 52.9 Å². The number of fused-ring (bicyclic) bond motifs is 1. The highest BCUT2D eigenvalue weighted by Crippen LogP contribution is 2.29. The number of aromatic nitrogens is 1. The average molecular weight is 334 g/mol. The highest BCUT2D eigenvalue weighted by atomic mass is 16.3. The molecule has 128 valence electrons. The average Bonchev–Trinajstić information content (AvgIpc) is 3.30. The number of hydrogen-bond acceptors (Lipinski definition) is 3. The molecule has 1 fully saturated rings. The van der Waals surface area contributed by atoms with Crippen molar-refractivity contribution in [3.05, 3.63) is 48.5 Å². The molecule has 2 aromatic carbocycles. The maximum absolute atomic E-state index is 12.1. The molecule has 1 N–H and O–H groups in total. The second-order valence-electron chi connectivity index (χ2n) is 6.80. The molecule has 1 heterocycles. The van der Waals surface area contributed by atoms with Crippen LogP contribution in [0.5, 0.6) is 0 Å². The molecule has 4 nitrogen and oxygen atoms in total. The summed E-state index contributed by atoms with van der Waals surface area (Å²) < 4.78 is 5.77. The van der Waals surface area contributed by atoms with Gasteiger partial charge >= 0.3 is 0 Å². The summed E-state index contributed by atoms with van der Waals surface area (Å²) in [5, 5.41) is 2.98. The minimum Gasteiger partial charge on any atom is -0.436 e. The van der Waals surface area contributed by atoms with Crippen LogP contribution in [0.3, 0.4) is 0 Å². The predicted octanol–water partition coefficient (Wildman–Crippen LogP) is 5.40. The third kappa shape index (κ3) is 3.73. The SMILES string of the molecule is O=C(CCC1CCCC1)Nc1ccc(-c2nc3ccccc3o2)cc1. The molecule has 0 spiro atoms. The lowest BCUT2D eigenvalue weighted by molar-refractivity contribution is -0.116. The second kappa shape index (κ2) is 7.09. The molecule has 0 radical (unpaired) electrons. The topological polar surface area (TPSA) is 55.1 Å². The van der Waals surface area contributed by atoms with Crippen molar-refractivity contribution in [1.82, 2.24) is 4.98 Å². The monoisotopic (exact) mass is 334 g/mol. The minimum atomic E-state index is 0.0986. The van der Waals surface area contributed by atoms with E-state index < -0.39 is 0 Å². The third-order valence-electron chi connectivity index (χ3n) is 4.96. The lowest BCUT2D eigenvalue weighted by Crippen LogP contribution is -2.12. The van der Waals surface area contributed by atoms with Crippen LogP contribution in [0.25, 0.3) is 22.6 Å². The zero-order valence-corrected chi connectivity index (χ0v) is 14.2. The zero-order chi connectivity index (χ0) is 17.1. The number of benzene rings is 2. The molecule has 0 unspecified atom stereocenters. The number of carbonyl (C=O) groups is 1. The largest absolute Gasteiger partial charge is 0.436 e. The quantitative estimate of drug-likeness (QED) is 0.679. The molecule has 25 heavy (non-hydrogen) atoms. The van der Waals surface area contributed by atoms with Crippen LogP contribution >= 0.6 is 0 Å². The molecule has 0 saturated heterocycles. The summed E-state index contributed by atoms with van der Waals surface area (Å²) >= 11 is 0. The number of amides is 1. The van der Waals surface area contributed by atoms with Crippen molar-refractivity contribution in [3.8, 4) is 11.5 Å². The van der Waals surface area contributed by atoms with Gasteiger partial charge in [-0.05, 0) is 48.7 Å². The Kier molecular flexibility index (Phi) is 4.51. The fourth-order valence-corrected chi connectivity index (χ4v) is 3.55. The first-order chi connectivity index (χ1) is 12.3. The maximum Gasteiger partial charge on any atom is 0.227 e. The molecule has 3 aromatic rings. The normalized spacial score (nSPS) is 14.9. The number of oxazole rings is 1. The van der Waals surface area contributed by atoms with Gasteiger partial charge < -0.3 is 9.73 Å². The molecule has 4 heteroatoms. The van der Waals surface area contributed by atoms with E-state index in [4.69, 9.17) is 4.42 Å². The fourth-order valence-electron chi connectivity index (χ4n) is 3.55. The predicted molar refractivity (Wildman–Crippen MR) is 99.3 cm³/mol. The van der Waals surface area contributed by atoms with Crippen LogP contribution < -0.4 is 5.32 Å². The van der Waals surface area contributed by atoms with Gasteiger partial charge in [0.2, 0.25) is 11.8 Å². The molecule has 4 rings (SSSR count). The molecular weight excluding hydrogens is 312 g/mol. The van der Waals surface area contributed by atoms with E-state index in [1.807, 2.05) is 48.5 Å². The Morgan fingerprint density at radius 3 is 2.60 bits per heavy atom. The number of para-hydroxylation sites is 2. The summed E-state index contributed by atoms with van der Waals surface area (Å²) in [7, 11) is 0. The lowest BCUT2D eigenvalue weighted by Gasteiger charge is -2.09. The Labute approximate surface area is 147 Å². The van der Waals surface area contributed by atoms with E-state index in [0.717, 1.165) is 34.7 Å². The molecule has 1 saturated carbocycles. The Hall–Kier alpha value is -2.62. The van der Waals surface area contributed by atoms with Crippen molar-refractivity contribution in [1.29, 1.82) is 0 Å². The van der Waals surface area contributed by atoms with Crippen molar-refractivity contribution in [3.63, 3.8) is 0 Å². The first-order valence-electron chi connectivity index (χ1n) is 9.04. The maximum atomic E-state index is 12.1. The molecule has 1 aromatic heterocycles. The van der Waals surface area contributed by atoms with Crippen molar-refractivity contribution in [2.24, 2.45) is 5.92 Å². The Balaban J connectivity index is 1.38. The van der Waals surface area contributed by atoms with E-state index in [1.165, 1.54) is 25.7 Å². The Bertz CT molecular complexity index is 828. The van der Waals surface area contributed by atoms with E-state index in [0.29, 0.717) is 12.3 Å². The van der Waals surface area contributed by atoms with E-state index in [2.05, 4.69) is 10.3 Å². The lowest BCUT2D eigenvalue weighted by atomic mass is 10.0. The Morgan fingerprint density at radius 1 is 1.08 bits per heavy atom. The van der Waals surface area contributed by atoms with Crippen LogP contribution in [0.2, 0.25) is 0 Å². The standard InChI is InChI=1S/C21H22N2O2/c24-20(14-9-15-5-1-2-6-15)22-17-12-10-16(11-13-17)21-23-18-7-3-4-8-19(18)25-21/h3-4,7-8,10-13,15H,1-2,5-6,9,14H2,(H,22,24). The molecular formula is C21H22N2O2. The minimum absolute atomic E-state index is 0.0986. The van der Waals surface area contributed by atoms with Gasteiger partial charge in [-0.1, -0.05) is 37.8 Å². The van der Waals surface area contributed by atoms with Crippen LogP contribution in [-0.4, -0.2) is 10.9 Å². The van der Waals surface area contributed by atoms with Crippen LogP contribution in [0.4, 0.5) is 5.69 Å². The summed E-state index contributed by atoms with van der Waals surface area (Å²) in [4.78, 5) is 16.6. The number of hydrogen-bond donors (Lipinski definition) is 1. The third-order valence-corrected chi connectivity index (χ3v) is 4.96. The van der Waals surface area contributed by atoms with Gasteiger partial charge in [0, 0.05) is 17.7 Å². The highest BCUT2D eigenvalue weighted by Gasteiger charge is 2.16. The van der Waals surface area contributed by atoms with E-state index in [1.54, 1.807) is 0 Å². The number of nitrogens with zero attached hydrogens (tertiary/aromatic N) is 1. The number of nitrogens with one attached hydrogen (secondary N) is 1. The molecule has 1 aliphatic rings. The summed E-state index contributed by atoms with van der Waals surface area (Å²) in [6.07, 6.45) is 6.83. The zero-order valence-electron chi connectivity index (χ0n) is 14.2. The van der Waals surface area contributed by atoms with E-state index in [-0.39, 0.29) is 5.91 Å². The number of rotatable bonds is 5. The van der Waals surface area contributed by atoms with Crippen molar-refractivity contribution in [2.75, 3.05) is 5.32 Å². The summed E-state index contributed by atoms with van der Waals surface area (Å²) in [6, 6.07) is 15.4. The van der Waals surface area contributed by atoms with Gasteiger partial charge in [-0.2, -0.15) is 0 Å². The van der Waals surface area contributed by atoms with Gasteiger partial charge in [0.1, 0.15) is 5.52 Å². The first kappa shape index (κ1) is 15.9. The summed E-state index contributed by atoms with van der Waals surface area (Å²) in [6.45, 7) is 0. The molecule has 0 bridgehead atoms. The molecule has 0 aliphatic heterocycles. The van der Waals surface area contributed by atoms with Crippen molar-refractivity contribution >= 4 is 22.7 Å². The molecule has 1 amide bonds. The summed E-state index contributed by atoms with van der Waals surface area (Å²) in [5.74, 6) is 1.44.